The van der Waals surface area contributed by atoms with E-state index in [0.29, 0.717) is 0 Å². The summed E-state index contributed by atoms with van der Waals surface area (Å²) in [5.41, 5.74) is 0.110. The Balaban J connectivity index is 2.57. The molecule has 2 rings (SSSR count). The van der Waals surface area contributed by atoms with Gasteiger partial charge in [-0.3, -0.25) is 0 Å². The predicted molar refractivity (Wildman–Crippen MR) is 63.1 cm³/mol. The van der Waals surface area contributed by atoms with Crippen molar-refractivity contribution in [3.63, 3.8) is 0 Å². The summed E-state index contributed by atoms with van der Waals surface area (Å²) in [6.45, 7) is 0. The van der Waals surface area contributed by atoms with Crippen LogP contribution in [-0.4, -0.2) is 23.2 Å². The summed E-state index contributed by atoms with van der Waals surface area (Å²) in [6.07, 6.45) is 1.27. The fourth-order valence-corrected chi connectivity index (χ4v) is 1.64. The third kappa shape index (κ3) is 2.52. The second-order valence-corrected chi connectivity index (χ2v) is 3.71. The van der Waals surface area contributed by atoms with Gasteiger partial charge in [-0.1, -0.05) is 0 Å². The van der Waals surface area contributed by atoms with E-state index in [-0.39, 0.29) is 22.6 Å². The molecule has 0 spiro atoms. The van der Waals surface area contributed by atoms with Gasteiger partial charge in [0, 0.05) is 23.4 Å². The third-order valence-corrected chi connectivity index (χ3v) is 2.52. The Morgan fingerprint density at radius 1 is 1.32 bits per heavy atom. The molecule has 1 aromatic heterocycles. The van der Waals surface area contributed by atoms with Gasteiger partial charge in [-0.15, -0.1) is 0 Å². The summed E-state index contributed by atoms with van der Waals surface area (Å²) in [7, 11) is 1.28. The number of methoxy groups -OCH3 is 1. The highest BCUT2D eigenvalue weighted by atomic mass is 19.1. The largest absolute Gasteiger partial charge is 0.480 e. The number of carbonyl (C=O) groups is 1. The van der Waals surface area contributed by atoms with E-state index >= 15 is 0 Å². The molecule has 0 saturated carbocycles. The highest BCUT2D eigenvalue weighted by Crippen LogP contribution is 2.26. The van der Waals surface area contributed by atoms with Crippen LogP contribution in [-0.2, 0) is 0 Å². The van der Waals surface area contributed by atoms with Crippen molar-refractivity contribution in [2.24, 2.45) is 0 Å². The number of nitrogens with zero attached hydrogens (tertiary/aromatic N) is 1. The van der Waals surface area contributed by atoms with Gasteiger partial charge in [0.05, 0.1) is 7.11 Å². The summed E-state index contributed by atoms with van der Waals surface area (Å²) in [6, 6.07) is 4.26. The molecule has 0 bridgehead atoms. The molecular weight excluding hydrogens is 256 g/mol. The zero-order chi connectivity index (χ0) is 14.0. The topological polar surface area (TPSA) is 59.4 Å². The molecule has 0 fully saturated rings. The van der Waals surface area contributed by atoms with Crippen molar-refractivity contribution in [3.8, 4) is 17.0 Å². The molecule has 19 heavy (non-hydrogen) atoms. The number of carboxylic acid groups (broad SMARTS) is 1. The van der Waals surface area contributed by atoms with E-state index in [0.717, 1.165) is 12.1 Å². The average Bonchev–Trinajstić information content (AvgIpc) is 2.38. The Hall–Kier alpha value is -2.50. The molecular formula is C13H9F2NO3. The van der Waals surface area contributed by atoms with Crippen molar-refractivity contribution >= 4 is 5.97 Å². The van der Waals surface area contributed by atoms with Crippen molar-refractivity contribution in [1.29, 1.82) is 0 Å². The maximum Gasteiger partial charge on any atom is 0.341 e. The molecule has 0 aliphatic rings. The summed E-state index contributed by atoms with van der Waals surface area (Å²) >= 11 is 0. The van der Waals surface area contributed by atoms with Crippen molar-refractivity contribution in [3.05, 3.63) is 47.7 Å². The van der Waals surface area contributed by atoms with E-state index < -0.39 is 17.6 Å². The van der Waals surface area contributed by atoms with Crippen LogP contribution >= 0.6 is 0 Å². The van der Waals surface area contributed by atoms with E-state index in [4.69, 9.17) is 9.84 Å². The molecule has 6 heteroatoms. The van der Waals surface area contributed by atoms with Crippen LogP contribution in [0, 0.1) is 11.6 Å². The number of aromatic carboxylic acids is 1. The van der Waals surface area contributed by atoms with Crippen LogP contribution in [0.3, 0.4) is 0 Å². The van der Waals surface area contributed by atoms with Crippen molar-refractivity contribution < 1.29 is 23.4 Å². The van der Waals surface area contributed by atoms with Gasteiger partial charge in [0.1, 0.15) is 17.2 Å². The molecule has 0 aliphatic heterocycles. The predicted octanol–water partition coefficient (Wildman–Crippen LogP) is 2.73. The molecule has 0 saturated heterocycles. The summed E-state index contributed by atoms with van der Waals surface area (Å²) in [4.78, 5) is 14.8. The average molecular weight is 265 g/mol. The fourth-order valence-electron chi connectivity index (χ4n) is 1.64. The van der Waals surface area contributed by atoms with Gasteiger partial charge >= 0.3 is 5.97 Å². The van der Waals surface area contributed by atoms with E-state index in [9.17, 15) is 13.6 Å². The third-order valence-electron chi connectivity index (χ3n) is 2.52. The zero-order valence-corrected chi connectivity index (χ0v) is 9.85. The van der Waals surface area contributed by atoms with Crippen LogP contribution in [0.5, 0.6) is 5.88 Å². The maximum absolute atomic E-state index is 13.6. The smallest absolute Gasteiger partial charge is 0.341 e. The van der Waals surface area contributed by atoms with Crippen molar-refractivity contribution in [2.45, 2.75) is 0 Å². The molecule has 4 nitrogen and oxygen atoms in total. The first-order chi connectivity index (χ1) is 9.02. The van der Waals surface area contributed by atoms with E-state index in [1.165, 1.54) is 25.4 Å². The fraction of sp³-hybridized carbons (Fsp3) is 0.0769. The molecule has 0 atom stereocenters. The Morgan fingerprint density at radius 2 is 2.05 bits per heavy atom. The van der Waals surface area contributed by atoms with Crippen molar-refractivity contribution in [2.75, 3.05) is 7.11 Å². The van der Waals surface area contributed by atoms with Crippen LogP contribution in [0.15, 0.2) is 30.5 Å². The number of benzene rings is 1. The zero-order valence-electron chi connectivity index (χ0n) is 9.85. The Bertz CT molecular complexity index is 644. The highest BCUT2D eigenvalue weighted by Gasteiger charge is 2.15. The Kier molecular flexibility index (Phi) is 3.41. The van der Waals surface area contributed by atoms with E-state index in [2.05, 4.69) is 4.98 Å². The van der Waals surface area contributed by atoms with Crippen LogP contribution in [0.2, 0.25) is 0 Å². The number of hydrogen-bond donors (Lipinski definition) is 1. The number of rotatable bonds is 3. The van der Waals surface area contributed by atoms with Crippen LogP contribution in [0.25, 0.3) is 11.1 Å². The second-order valence-electron chi connectivity index (χ2n) is 3.71. The lowest BCUT2D eigenvalue weighted by Gasteiger charge is -2.07. The molecule has 0 unspecified atom stereocenters. The first kappa shape index (κ1) is 12.9. The molecule has 0 aliphatic carbocycles. The van der Waals surface area contributed by atoms with Gasteiger partial charge in [0.15, 0.2) is 0 Å². The summed E-state index contributed by atoms with van der Waals surface area (Å²) < 4.78 is 31.2. The molecule has 0 amide bonds. The second kappa shape index (κ2) is 5.01. The quantitative estimate of drug-likeness (QED) is 0.927. The first-order valence-electron chi connectivity index (χ1n) is 5.25. The van der Waals surface area contributed by atoms with Crippen LogP contribution < -0.4 is 4.74 Å². The first-order valence-corrected chi connectivity index (χ1v) is 5.25. The molecule has 1 N–H and O–H groups in total. The van der Waals surface area contributed by atoms with E-state index in [1.54, 1.807) is 0 Å². The van der Waals surface area contributed by atoms with Gasteiger partial charge in [-0.05, 0) is 18.2 Å². The standard InChI is InChI=1S/C13H9F2NO3/c1-19-12-10(13(17)18)4-7(6-16-12)9-3-2-8(14)5-11(9)15/h2-6H,1H3,(H,17,18). The van der Waals surface area contributed by atoms with Crippen LogP contribution in [0.4, 0.5) is 8.78 Å². The Morgan fingerprint density at radius 3 is 2.63 bits per heavy atom. The lowest BCUT2D eigenvalue weighted by Crippen LogP contribution is -2.03. The number of hydrogen-bond acceptors (Lipinski definition) is 3. The number of ether oxygens (including phenoxy) is 1. The minimum atomic E-state index is -1.24. The van der Waals surface area contributed by atoms with Gasteiger partial charge in [0.2, 0.25) is 5.88 Å². The number of pyridine rings is 1. The lowest BCUT2D eigenvalue weighted by molar-refractivity contribution is 0.0692. The SMILES string of the molecule is COc1ncc(-c2ccc(F)cc2F)cc1C(=O)O. The van der Waals surface area contributed by atoms with Gasteiger partial charge in [-0.25, -0.2) is 18.6 Å². The minimum Gasteiger partial charge on any atom is -0.480 e. The van der Waals surface area contributed by atoms with Crippen LogP contribution in [0.1, 0.15) is 10.4 Å². The number of aromatic nitrogens is 1. The number of carboxylic acids is 1. The van der Waals surface area contributed by atoms with Gasteiger partial charge < -0.3 is 9.84 Å². The van der Waals surface area contributed by atoms with Gasteiger partial charge in [0.25, 0.3) is 0 Å². The molecule has 0 radical (unpaired) electrons. The molecule has 1 heterocycles. The highest BCUT2D eigenvalue weighted by molar-refractivity contribution is 5.91. The summed E-state index contributed by atoms with van der Waals surface area (Å²) in [5.74, 6) is -2.81. The minimum absolute atomic E-state index is 0.0686. The number of halogens is 2. The molecule has 98 valence electrons. The van der Waals surface area contributed by atoms with E-state index in [1.807, 2.05) is 0 Å². The lowest BCUT2D eigenvalue weighted by atomic mass is 10.1. The maximum atomic E-state index is 13.6. The van der Waals surface area contributed by atoms with Crippen molar-refractivity contribution in [1.82, 2.24) is 4.98 Å². The molecule has 1 aromatic carbocycles. The van der Waals surface area contributed by atoms with Gasteiger partial charge in [-0.2, -0.15) is 0 Å². The molecule has 2 aromatic rings. The monoisotopic (exact) mass is 265 g/mol. The summed E-state index contributed by atoms with van der Waals surface area (Å²) in [5, 5.41) is 9.01. The normalized spacial score (nSPS) is 10.3. The Labute approximate surface area is 107 Å².